The smallest absolute Gasteiger partial charge is 0.356 e. The number of aromatic hydroxyl groups is 1. The average molecular weight is 246 g/mol. The molecule has 0 aliphatic heterocycles. The minimum atomic E-state index is -1.19. The first kappa shape index (κ1) is 11.8. The van der Waals surface area contributed by atoms with E-state index in [4.69, 9.17) is 10.2 Å². The zero-order valence-electron chi connectivity index (χ0n) is 9.28. The maximum atomic E-state index is 11.5. The Bertz CT molecular complexity index is 631. The molecule has 2 N–H and O–H groups in total. The second-order valence-electron chi connectivity index (χ2n) is 3.69. The van der Waals surface area contributed by atoms with Gasteiger partial charge in [0.05, 0.1) is 6.54 Å². The number of phenols is 1. The fourth-order valence-corrected chi connectivity index (χ4v) is 1.45. The van der Waals surface area contributed by atoms with Crippen LogP contribution >= 0.6 is 0 Å². The predicted molar refractivity (Wildman–Crippen MR) is 62.7 cm³/mol. The third kappa shape index (κ3) is 2.54. The van der Waals surface area contributed by atoms with Gasteiger partial charge in [0.1, 0.15) is 5.75 Å². The normalized spacial score (nSPS) is 10.2. The summed E-state index contributed by atoms with van der Waals surface area (Å²) in [6.07, 6.45) is 0. The summed E-state index contributed by atoms with van der Waals surface area (Å²) in [5.41, 5.74) is 0.173. The van der Waals surface area contributed by atoms with Gasteiger partial charge in [-0.2, -0.15) is 5.10 Å². The Morgan fingerprint density at radius 1 is 1.17 bits per heavy atom. The maximum Gasteiger partial charge on any atom is 0.356 e. The predicted octanol–water partition coefficient (Wildman–Crippen LogP) is 0.695. The molecule has 0 aliphatic carbocycles. The van der Waals surface area contributed by atoms with Gasteiger partial charge in [-0.05, 0) is 23.8 Å². The van der Waals surface area contributed by atoms with Gasteiger partial charge in [0, 0.05) is 6.07 Å². The van der Waals surface area contributed by atoms with E-state index in [0.29, 0.717) is 0 Å². The monoisotopic (exact) mass is 246 g/mol. The molecule has 6 nitrogen and oxygen atoms in total. The molecule has 2 rings (SSSR count). The van der Waals surface area contributed by atoms with E-state index in [1.807, 2.05) is 0 Å². The molecule has 18 heavy (non-hydrogen) atoms. The maximum absolute atomic E-state index is 11.5. The Hall–Kier alpha value is -2.63. The van der Waals surface area contributed by atoms with Crippen LogP contribution in [-0.2, 0) is 6.54 Å². The van der Waals surface area contributed by atoms with Crippen LogP contribution < -0.4 is 5.56 Å². The number of nitrogens with zero attached hydrogens (tertiary/aromatic N) is 2. The number of hydrogen-bond donors (Lipinski definition) is 2. The number of carboxylic acid groups (broad SMARTS) is 1. The quantitative estimate of drug-likeness (QED) is 0.831. The van der Waals surface area contributed by atoms with E-state index >= 15 is 0 Å². The Kier molecular flexibility index (Phi) is 3.09. The Balaban J connectivity index is 2.33. The standard InChI is InChI=1S/C12H10N2O4/c15-9-3-1-8(2-4-9)7-14-11(16)6-5-10(13-14)12(17)18/h1-6,15H,7H2,(H,17,18). The SMILES string of the molecule is O=C(O)c1ccc(=O)n(Cc2ccc(O)cc2)n1. The second-order valence-corrected chi connectivity index (χ2v) is 3.69. The number of hydrogen-bond acceptors (Lipinski definition) is 4. The van der Waals surface area contributed by atoms with Gasteiger partial charge in [0.2, 0.25) is 0 Å². The van der Waals surface area contributed by atoms with Gasteiger partial charge < -0.3 is 10.2 Å². The lowest BCUT2D eigenvalue weighted by Gasteiger charge is -2.05. The number of phenolic OH excluding ortho intramolecular Hbond substituents is 1. The fraction of sp³-hybridized carbons (Fsp3) is 0.0833. The minimum absolute atomic E-state index is 0.123. The van der Waals surface area contributed by atoms with E-state index in [2.05, 4.69) is 5.10 Å². The number of aromatic carboxylic acids is 1. The molecule has 0 fully saturated rings. The van der Waals surface area contributed by atoms with Crippen molar-refractivity contribution in [2.45, 2.75) is 6.54 Å². The summed E-state index contributed by atoms with van der Waals surface area (Å²) >= 11 is 0. The molecular weight excluding hydrogens is 236 g/mol. The van der Waals surface area contributed by atoms with E-state index in [9.17, 15) is 9.59 Å². The minimum Gasteiger partial charge on any atom is -0.508 e. The zero-order chi connectivity index (χ0) is 13.1. The van der Waals surface area contributed by atoms with Crippen LogP contribution in [-0.4, -0.2) is 26.0 Å². The van der Waals surface area contributed by atoms with Crippen LogP contribution in [0.1, 0.15) is 16.1 Å². The molecule has 0 aliphatic rings. The zero-order valence-corrected chi connectivity index (χ0v) is 9.28. The topological polar surface area (TPSA) is 92.4 Å². The largest absolute Gasteiger partial charge is 0.508 e. The highest BCUT2D eigenvalue weighted by Crippen LogP contribution is 2.09. The third-order valence-electron chi connectivity index (χ3n) is 2.35. The lowest BCUT2D eigenvalue weighted by Crippen LogP contribution is -2.24. The lowest BCUT2D eigenvalue weighted by molar-refractivity contribution is 0.0687. The van der Waals surface area contributed by atoms with Gasteiger partial charge in [0.15, 0.2) is 5.69 Å². The number of carboxylic acids is 1. The molecule has 0 atom stereocenters. The van der Waals surface area contributed by atoms with Crippen LogP contribution in [0.2, 0.25) is 0 Å². The van der Waals surface area contributed by atoms with Crippen molar-refractivity contribution in [1.29, 1.82) is 0 Å². The number of benzene rings is 1. The van der Waals surface area contributed by atoms with Gasteiger partial charge in [-0.15, -0.1) is 0 Å². The average Bonchev–Trinajstić information content (AvgIpc) is 2.34. The number of carbonyl (C=O) groups is 1. The van der Waals surface area contributed by atoms with Crippen molar-refractivity contribution in [2.24, 2.45) is 0 Å². The molecule has 0 spiro atoms. The third-order valence-corrected chi connectivity index (χ3v) is 2.35. The van der Waals surface area contributed by atoms with Crippen molar-refractivity contribution in [1.82, 2.24) is 9.78 Å². The summed E-state index contributed by atoms with van der Waals surface area (Å²) in [5, 5.41) is 21.7. The number of aromatic nitrogens is 2. The highest BCUT2D eigenvalue weighted by molar-refractivity contribution is 5.84. The Labute approximate surface area is 102 Å². The van der Waals surface area contributed by atoms with Crippen molar-refractivity contribution in [3.8, 4) is 5.75 Å². The number of rotatable bonds is 3. The van der Waals surface area contributed by atoms with Crippen molar-refractivity contribution in [3.05, 3.63) is 58.0 Å². The first-order chi connectivity index (χ1) is 8.56. The van der Waals surface area contributed by atoms with Gasteiger partial charge in [0.25, 0.3) is 5.56 Å². The summed E-state index contributed by atoms with van der Waals surface area (Å²) in [5.74, 6) is -1.06. The van der Waals surface area contributed by atoms with Crippen LogP contribution in [0.5, 0.6) is 5.75 Å². The molecule has 6 heteroatoms. The molecule has 0 radical (unpaired) electrons. The van der Waals surface area contributed by atoms with Crippen molar-refractivity contribution < 1.29 is 15.0 Å². The molecule has 1 heterocycles. The van der Waals surface area contributed by atoms with E-state index in [0.717, 1.165) is 22.4 Å². The summed E-state index contributed by atoms with van der Waals surface area (Å²) in [6, 6.07) is 8.57. The van der Waals surface area contributed by atoms with Crippen molar-refractivity contribution in [2.75, 3.05) is 0 Å². The highest BCUT2D eigenvalue weighted by atomic mass is 16.4. The molecule has 0 saturated carbocycles. The van der Waals surface area contributed by atoms with Crippen LogP contribution in [0.15, 0.2) is 41.2 Å². The Morgan fingerprint density at radius 3 is 2.44 bits per heavy atom. The summed E-state index contributed by atoms with van der Waals surface area (Å²) in [4.78, 5) is 22.3. The fourth-order valence-electron chi connectivity index (χ4n) is 1.45. The van der Waals surface area contributed by atoms with Gasteiger partial charge in [-0.1, -0.05) is 12.1 Å². The Morgan fingerprint density at radius 2 is 1.83 bits per heavy atom. The molecule has 0 bridgehead atoms. The molecule has 92 valence electrons. The van der Waals surface area contributed by atoms with Crippen LogP contribution in [0, 0.1) is 0 Å². The van der Waals surface area contributed by atoms with E-state index in [1.165, 1.54) is 12.1 Å². The van der Waals surface area contributed by atoms with E-state index in [1.54, 1.807) is 12.1 Å². The second kappa shape index (κ2) is 4.70. The van der Waals surface area contributed by atoms with Gasteiger partial charge in [-0.3, -0.25) is 4.79 Å². The van der Waals surface area contributed by atoms with Crippen molar-refractivity contribution in [3.63, 3.8) is 0 Å². The molecule has 0 amide bonds. The summed E-state index contributed by atoms with van der Waals surface area (Å²) in [6.45, 7) is 0.153. The molecule has 1 aromatic carbocycles. The summed E-state index contributed by atoms with van der Waals surface area (Å²) < 4.78 is 1.07. The van der Waals surface area contributed by atoms with E-state index < -0.39 is 5.97 Å². The summed E-state index contributed by atoms with van der Waals surface area (Å²) in [7, 11) is 0. The first-order valence-electron chi connectivity index (χ1n) is 5.15. The van der Waals surface area contributed by atoms with Crippen molar-refractivity contribution >= 4 is 5.97 Å². The molecule has 1 aromatic heterocycles. The van der Waals surface area contributed by atoms with Crippen LogP contribution in [0.4, 0.5) is 0 Å². The van der Waals surface area contributed by atoms with Gasteiger partial charge >= 0.3 is 5.97 Å². The first-order valence-corrected chi connectivity index (χ1v) is 5.15. The lowest BCUT2D eigenvalue weighted by atomic mass is 10.2. The van der Waals surface area contributed by atoms with Crippen LogP contribution in [0.3, 0.4) is 0 Å². The van der Waals surface area contributed by atoms with Gasteiger partial charge in [-0.25, -0.2) is 9.48 Å². The van der Waals surface area contributed by atoms with E-state index in [-0.39, 0.29) is 23.5 Å². The molecule has 2 aromatic rings. The molecular formula is C12H10N2O4. The highest BCUT2D eigenvalue weighted by Gasteiger charge is 2.07. The van der Waals surface area contributed by atoms with Crippen LogP contribution in [0.25, 0.3) is 0 Å². The molecule has 0 unspecified atom stereocenters. The molecule has 0 saturated heterocycles.